The van der Waals surface area contributed by atoms with E-state index in [0.29, 0.717) is 10.5 Å². The molecule has 0 unspecified atom stereocenters. The fraction of sp³-hybridized carbons (Fsp3) is 0. The molecule has 3 rings (SSSR count). The summed E-state index contributed by atoms with van der Waals surface area (Å²) in [5.41, 5.74) is 8.04. The Balaban J connectivity index is 2.18. The van der Waals surface area contributed by atoms with E-state index in [1.54, 1.807) is 23.7 Å². The number of allylic oxidation sites excluding steroid dienone is 5. The Bertz CT molecular complexity index is 808. The van der Waals surface area contributed by atoms with Gasteiger partial charge in [-0.15, -0.1) is 0 Å². The van der Waals surface area contributed by atoms with Gasteiger partial charge in [0.15, 0.2) is 5.78 Å². The van der Waals surface area contributed by atoms with Crippen molar-refractivity contribution in [2.24, 2.45) is 0 Å². The molecule has 19 heavy (non-hydrogen) atoms. The average molecular weight is 272 g/mol. The molecular formula is C12H8N4O2S. The van der Waals surface area contributed by atoms with Crippen LogP contribution in [0.2, 0.25) is 0 Å². The summed E-state index contributed by atoms with van der Waals surface area (Å²) < 4.78 is 1.42. The van der Waals surface area contributed by atoms with Gasteiger partial charge in [-0.2, -0.15) is 14.6 Å². The van der Waals surface area contributed by atoms with Crippen LogP contribution in [0.3, 0.4) is 0 Å². The molecule has 0 aliphatic heterocycles. The van der Waals surface area contributed by atoms with Crippen molar-refractivity contribution < 1.29 is 4.79 Å². The Morgan fingerprint density at radius 3 is 2.68 bits per heavy atom. The molecule has 2 aromatic rings. The SMILES string of the molecule is Nc1c(C=C2C=CC(=O)C=C2)c(=O)nc2scnn12. The highest BCUT2D eigenvalue weighted by molar-refractivity contribution is 7.14. The number of nitrogens with zero attached hydrogens (tertiary/aromatic N) is 3. The molecule has 2 heterocycles. The number of fused-ring (bicyclic) bond motifs is 1. The van der Waals surface area contributed by atoms with Crippen molar-refractivity contribution in [1.29, 1.82) is 0 Å². The second-order valence-electron chi connectivity index (χ2n) is 3.86. The fourth-order valence-corrected chi connectivity index (χ4v) is 2.31. The number of hydrogen-bond donors (Lipinski definition) is 1. The molecule has 0 saturated heterocycles. The molecule has 0 aromatic carbocycles. The summed E-state index contributed by atoms with van der Waals surface area (Å²) in [6.07, 6.45) is 7.69. The van der Waals surface area contributed by atoms with Gasteiger partial charge in [-0.1, -0.05) is 23.5 Å². The van der Waals surface area contributed by atoms with Crippen molar-refractivity contribution in [3.8, 4) is 0 Å². The third-order valence-corrected chi connectivity index (χ3v) is 3.30. The van der Waals surface area contributed by atoms with Crippen LogP contribution in [-0.4, -0.2) is 20.4 Å². The Kier molecular flexibility index (Phi) is 2.60. The molecular weight excluding hydrogens is 264 g/mol. The zero-order valence-corrected chi connectivity index (χ0v) is 10.4. The lowest BCUT2D eigenvalue weighted by Crippen LogP contribution is -2.16. The molecule has 0 atom stereocenters. The second kappa shape index (κ2) is 4.29. The molecule has 2 N–H and O–H groups in total. The molecule has 0 spiro atoms. The molecule has 2 aromatic heterocycles. The van der Waals surface area contributed by atoms with Crippen LogP contribution in [-0.2, 0) is 4.79 Å². The lowest BCUT2D eigenvalue weighted by atomic mass is 10.1. The molecule has 0 fully saturated rings. The molecule has 1 aliphatic carbocycles. The molecule has 94 valence electrons. The summed E-state index contributed by atoms with van der Waals surface area (Å²) in [5, 5.41) is 4.01. The first-order chi connectivity index (χ1) is 9.15. The van der Waals surface area contributed by atoms with E-state index in [0.717, 1.165) is 0 Å². The quantitative estimate of drug-likeness (QED) is 0.829. The Labute approximate surface area is 111 Å². The van der Waals surface area contributed by atoms with Gasteiger partial charge in [-0.3, -0.25) is 9.59 Å². The number of rotatable bonds is 1. The summed E-state index contributed by atoms with van der Waals surface area (Å²) >= 11 is 1.24. The zero-order chi connectivity index (χ0) is 13.4. The highest BCUT2D eigenvalue weighted by Crippen LogP contribution is 2.16. The van der Waals surface area contributed by atoms with Gasteiger partial charge in [0, 0.05) is 0 Å². The van der Waals surface area contributed by atoms with Gasteiger partial charge in [0.2, 0.25) is 4.96 Å². The maximum absolute atomic E-state index is 11.9. The number of aromatic nitrogens is 3. The molecule has 0 amide bonds. The lowest BCUT2D eigenvalue weighted by Gasteiger charge is -2.03. The van der Waals surface area contributed by atoms with Gasteiger partial charge >= 0.3 is 0 Å². The Morgan fingerprint density at radius 2 is 1.95 bits per heavy atom. The zero-order valence-electron chi connectivity index (χ0n) is 9.61. The predicted octanol–water partition coefficient (Wildman–Crippen LogP) is 0.812. The van der Waals surface area contributed by atoms with Gasteiger partial charge in [0.1, 0.15) is 11.3 Å². The van der Waals surface area contributed by atoms with E-state index >= 15 is 0 Å². The molecule has 0 radical (unpaired) electrons. The smallest absolute Gasteiger partial charge is 0.283 e. The average Bonchev–Trinajstić information content (AvgIpc) is 2.85. The lowest BCUT2D eigenvalue weighted by molar-refractivity contribution is -0.110. The summed E-state index contributed by atoms with van der Waals surface area (Å²) in [4.78, 5) is 27.3. The normalized spacial score (nSPS) is 14.3. The van der Waals surface area contributed by atoms with E-state index in [4.69, 9.17) is 5.73 Å². The second-order valence-corrected chi connectivity index (χ2v) is 4.67. The third kappa shape index (κ3) is 2.00. The van der Waals surface area contributed by atoms with Crippen LogP contribution in [0, 0.1) is 0 Å². The van der Waals surface area contributed by atoms with Gasteiger partial charge < -0.3 is 5.73 Å². The highest BCUT2D eigenvalue weighted by atomic mass is 32.1. The Morgan fingerprint density at radius 1 is 1.21 bits per heavy atom. The van der Waals surface area contributed by atoms with Crippen molar-refractivity contribution >= 4 is 34.0 Å². The maximum Gasteiger partial charge on any atom is 0.283 e. The van der Waals surface area contributed by atoms with Crippen molar-refractivity contribution in [3.63, 3.8) is 0 Å². The van der Waals surface area contributed by atoms with E-state index in [9.17, 15) is 9.59 Å². The summed E-state index contributed by atoms with van der Waals surface area (Å²) in [7, 11) is 0. The Hall–Kier alpha value is -2.54. The largest absolute Gasteiger partial charge is 0.383 e. The number of carbonyl (C=O) groups is 1. The van der Waals surface area contributed by atoms with E-state index in [-0.39, 0.29) is 17.2 Å². The molecule has 0 bridgehead atoms. The molecule has 7 heteroatoms. The number of carbonyl (C=O) groups excluding carboxylic acids is 1. The summed E-state index contributed by atoms with van der Waals surface area (Å²) in [5.74, 6) is 0.150. The molecule has 0 saturated carbocycles. The topological polar surface area (TPSA) is 90.4 Å². The first kappa shape index (κ1) is 11.5. The fourth-order valence-electron chi connectivity index (χ4n) is 1.69. The number of anilines is 1. The van der Waals surface area contributed by atoms with Crippen molar-refractivity contribution in [2.75, 3.05) is 5.73 Å². The maximum atomic E-state index is 11.9. The number of nitrogens with two attached hydrogens (primary N) is 1. The molecule has 6 nitrogen and oxygen atoms in total. The molecule has 1 aliphatic rings. The minimum absolute atomic E-state index is 0.0880. The third-order valence-electron chi connectivity index (χ3n) is 2.62. The van der Waals surface area contributed by atoms with Crippen LogP contribution in [0.25, 0.3) is 11.0 Å². The van der Waals surface area contributed by atoms with E-state index in [1.165, 1.54) is 28.0 Å². The van der Waals surface area contributed by atoms with Gasteiger partial charge in [-0.05, 0) is 23.8 Å². The van der Waals surface area contributed by atoms with Crippen LogP contribution in [0.15, 0.2) is 40.2 Å². The standard InChI is InChI=1S/C12H8N4O2S/c13-10-9(5-7-1-3-8(17)4-2-7)11(18)15-12-16(10)14-6-19-12/h1-6H,13H2. The van der Waals surface area contributed by atoms with Crippen LogP contribution in [0.1, 0.15) is 5.56 Å². The predicted molar refractivity (Wildman–Crippen MR) is 72.8 cm³/mol. The summed E-state index contributed by atoms with van der Waals surface area (Å²) in [6.45, 7) is 0. The van der Waals surface area contributed by atoms with Crippen molar-refractivity contribution in [1.82, 2.24) is 14.6 Å². The van der Waals surface area contributed by atoms with Crippen LogP contribution < -0.4 is 11.3 Å². The van der Waals surface area contributed by atoms with Crippen LogP contribution >= 0.6 is 11.3 Å². The highest BCUT2D eigenvalue weighted by Gasteiger charge is 2.11. The van der Waals surface area contributed by atoms with Crippen molar-refractivity contribution in [2.45, 2.75) is 0 Å². The van der Waals surface area contributed by atoms with Crippen LogP contribution in [0.5, 0.6) is 0 Å². The first-order valence-electron chi connectivity index (χ1n) is 5.39. The minimum atomic E-state index is -0.409. The first-order valence-corrected chi connectivity index (χ1v) is 6.27. The van der Waals surface area contributed by atoms with E-state index in [2.05, 4.69) is 10.1 Å². The van der Waals surface area contributed by atoms with Crippen LogP contribution in [0.4, 0.5) is 5.82 Å². The van der Waals surface area contributed by atoms with Gasteiger partial charge in [-0.25, -0.2) is 0 Å². The summed E-state index contributed by atoms with van der Waals surface area (Å²) in [6, 6.07) is 0. The van der Waals surface area contributed by atoms with E-state index in [1.807, 2.05) is 0 Å². The van der Waals surface area contributed by atoms with Gasteiger partial charge in [0.25, 0.3) is 5.56 Å². The number of ketones is 1. The number of hydrogen-bond acceptors (Lipinski definition) is 6. The monoisotopic (exact) mass is 272 g/mol. The van der Waals surface area contributed by atoms with Gasteiger partial charge in [0.05, 0.1) is 5.56 Å². The number of nitrogen functional groups attached to an aromatic ring is 1. The van der Waals surface area contributed by atoms with E-state index < -0.39 is 5.56 Å². The minimum Gasteiger partial charge on any atom is -0.383 e. The van der Waals surface area contributed by atoms with Crippen molar-refractivity contribution in [3.05, 3.63) is 51.3 Å².